The SMILES string of the molecule is NC(=S)c1cncc(-c2ccc(C3CCC(CC(=O)O)CC3)cc2)n1. The summed E-state index contributed by atoms with van der Waals surface area (Å²) in [7, 11) is 0. The van der Waals surface area contributed by atoms with Crippen LogP contribution < -0.4 is 5.73 Å². The Kier molecular flexibility index (Phi) is 5.38. The average Bonchev–Trinajstić information content (AvgIpc) is 2.62. The summed E-state index contributed by atoms with van der Waals surface area (Å²) in [5, 5.41) is 8.91. The maximum atomic E-state index is 10.8. The Balaban J connectivity index is 1.68. The molecule has 25 heavy (non-hydrogen) atoms. The lowest BCUT2D eigenvalue weighted by Crippen LogP contribution is -2.16. The highest BCUT2D eigenvalue weighted by molar-refractivity contribution is 7.80. The highest BCUT2D eigenvalue weighted by atomic mass is 32.1. The molecule has 5 nitrogen and oxygen atoms in total. The number of thiocarbonyl (C=S) groups is 1. The molecular weight excluding hydrogens is 334 g/mol. The Morgan fingerprint density at radius 2 is 1.84 bits per heavy atom. The molecule has 0 spiro atoms. The van der Waals surface area contributed by atoms with Crippen LogP contribution in [0.3, 0.4) is 0 Å². The van der Waals surface area contributed by atoms with Crippen molar-refractivity contribution in [2.75, 3.05) is 0 Å². The van der Waals surface area contributed by atoms with Gasteiger partial charge >= 0.3 is 5.97 Å². The summed E-state index contributed by atoms with van der Waals surface area (Å²) >= 11 is 4.95. The summed E-state index contributed by atoms with van der Waals surface area (Å²) in [6.45, 7) is 0. The van der Waals surface area contributed by atoms with Gasteiger partial charge in [0.2, 0.25) is 0 Å². The minimum absolute atomic E-state index is 0.240. The van der Waals surface area contributed by atoms with Gasteiger partial charge in [-0.25, -0.2) is 4.98 Å². The smallest absolute Gasteiger partial charge is 0.303 e. The molecule has 1 aliphatic rings. The molecule has 3 rings (SSSR count). The molecular formula is C19H21N3O2S. The third kappa shape index (κ3) is 4.39. The van der Waals surface area contributed by atoms with Crippen LogP contribution in [0.4, 0.5) is 0 Å². The van der Waals surface area contributed by atoms with Crippen molar-refractivity contribution >= 4 is 23.2 Å². The van der Waals surface area contributed by atoms with Crippen LogP contribution in [0.25, 0.3) is 11.3 Å². The van der Waals surface area contributed by atoms with Gasteiger partial charge in [-0.1, -0.05) is 36.5 Å². The van der Waals surface area contributed by atoms with Crippen molar-refractivity contribution in [3.63, 3.8) is 0 Å². The first-order chi connectivity index (χ1) is 12.0. The van der Waals surface area contributed by atoms with Crippen LogP contribution in [0, 0.1) is 5.92 Å². The summed E-state index contributed by atoms with van der Waals surface area (Å²) in [6.07, 6.45) is 7.63. The molecule has 6 heteroatoms. The minimum atomic E-state index is -0.687. The first kappa shape index (κ1) is 17.5. The third-order valence-corrected chi connectivity index (χ3v) is 5.08. The van der Waals surface area contributed by atoms with Gasteiger partial charge in [0.1, 0.15) is 10.7 Å². The number of nitrogens with zero attached hydrogens (tertiary/aromatic N) is 2. The molecule has 1 aliphatic carbocycles. The van der Waals surface area contributed by atoms with Gasteiger partial charge in [-0.2, -0.15) is 0 Å². The normalized spacial score (nSPS) is 20.2. The largest absolute Gasteiger partial charge is 0.481 e. The molecule has 0 unspecified atom stereocenters. The van der Waals surface area contributed by atoms with Crippen molar-refractivity contribution in [3.8, 4) is 11.3 Å². The number of aliphatic carboxylic acids is 1. The molecule has 1 heterocycles. The van der Waals surface area contributed by atoms with Crippen LogP contribution in [0.1, 0.15) is 49.3 Å². The van der Waals surface area contributed by atoms with E-state index in [1.165, 1.54) is 5.56 Å². The predicted octanol–water partition coefficient (Wildman–Crippen LogP) is 3.53. The quantitative estimate of drug-likeness (QED) is 0.798. The van der Waals surface area contributed by atoms with E-state index in [-0.39, 0.29) is 4.99 Å². The lowest BCUT2D eigenvalue weighted by Gasteiger charge is -2.28. The zero-order valence-electron chi connectivity index (χ0n) is 13.9. The van der Waals surface area contributed by atoms with E-state index < -0.39 is 5.97 Å². The van der Waals surface area contributed by atoms with E-state index in [1.807, 2.05) is 12.1 Å². The second-order valence-corrected chi connectivity index (χ2v) is 7.03. The van der Waals surface area contributed by atoms with Crippen molar-refractivity contribution in [2.45, 2.75) is 38.0 Å². The number of hydrogen-bond acceptors (Lipinski definition) is 4. The molecule has 0 radical (unpaired) electrons. The fraction of sp³-hybridized carbons (Fsp3) is 0.368. The number of rotatable bonds is 5. The topological polar surface area (TPSA) is 89.1 Å². The summed E-state index contributed by atoms with van der Waals surface area (Å²) in [5.41, 5.74) is 9.17. The van der Waals surface area contributed by atoms with Crippen LogP contribution in [0.15, 0.2) is 36.7 Å². The van der Waals surface area contributed by atoms with Gasteiger partial charge in [0, 0.05) is 12.0 Å². The standard InChI is InChI=1S/C19H21N3O2S/c20-19(25)17-11-21-10-16(22-17)15-7-5-14(6-8-15)13-3-1-12(2-4-13)9-18(23)24/h5-8,10-13H,1-4,9H2,(H2,20,25)(H,23,24). The van der Waals surface area contributed by atoms with Crippen molar-refractivity contribution in [1.29, 1.82) is 0 Å². The van der Waals surface area contributed by atoms with E-state index in [9.17, 15) is 4.79 Å². The van der Waals surface area contributed by atoms with Gasteiger partial charge < -0.3 is 10.8 Å². The Morgan fingerprint density at radius 1 is 1.16 bits per heavy atom. The summed E-state index contributed by atoms with van der Waals surface area (Å²) in [5.74, 6) is 0.146. The fourth-order valence-electron chi connectivity index (χ4n) is 3.50. The average molecular weight is 355 g/mol. The van der Waals surface area contributed by atoms with E-state index >= 15 is 0 Å². The number of carbonyl (C=O) groups is 1. The number of carboxylic acids is 1. The number of nitrogens with two attached hydrogens (primary N) is 1. The number of benzene rings is 1. The van der Waals surface area contributed by atoms with Crippen LogP contribution >= 0.6 is 12.2 Å². The van der Waals surface area contributed by atoms with Crippen molar-refractivity contribution in [3.05, 3.63) is 47.9 Å². The van der Waals surface area contributed by atoms with Gasteiger partial charge in [-0.05, 0) is 43.1 Å². The maximum absolute atomic E-state index is 10.8. The van der Waals surface area contributed by atoms with E-state index in [1.54, 1.807) is 12.4 Å². The highest BCUT2D eigenvalue weighted by Crippen LogP contribution is 2.37. The van der Waals surface area contributed by atoms with Crippen molar-refractivity contribution in [1.82, 2.24) is 9.97 Å². The molecule has 130 valence electrons. The van der Waals surface area contributed by atoms with Gasteiger partial charge in [0.05, 0.1) is 18.1 Å². The highest BCUT2D eigenvalue weighted by Gasteiger charge is 2.23. The molecule has 0 aliphatic heterocycles. The van der Waals surface area contributed by atoms with Gasteiger partial charge in [0.15, 0.2) is 0 Å². The molecule has 2 aromatic rings. The molecule has 1 saturated carbocycles. The van der Waals surface area contributed by atoms with Gasteiger partial charge in [-0.3, -0.25) is 9.78 Å². The molecule has 0 saturated heterocycles. The second-order valence-electron chi connectivity index (χ2n) is 6.59. The lowest BCUT2D eigenvalue weighted by atomic mass is 9.77. The molecule has 3 N–H and O–H groups in total. The lowest BCUT2D eigenvalue weighted by molar-refractivity contribution is -0.138. The zero-order chi connectivity index (χ0) is 17.8. The molecule has 1 fully saturated rings. The van der Waals surface area contributed by atoms with Crippen LogP contribution in [0.2, 0.25) is 0 Å². The Hall–Kier alpha value is -2.34. The van der Waals surface area contributed by atoms with Crippen LogP contribution in [0.5, 0.6) is 0 Å². The molecule has 0 amide bonds. The van der Waals surface area contributed by atoms with Crippen molar-refractivity contribution in [2.24, 2.45) is 11.7 Å². The predicted molar refractivity (Wildman–Crippen MR) is 100 cm³/mol. The van der Waals surface area contributed by atoms with Gasteiger partial charge in [-0.15, -0.1) is 0 Å². The molecule has 1 aromatic heterocycles. The summed E-state index contributed by atoms with van der Waals surface area (Å²) in [4.78, 5) is 19.7. The third-order valence-electron chi connectivity index (χ3n) is 4.87. The van der Waals surface area contributed by atoms with Crippen molar-refractivity contribution < 1.29 is 9.90 Å². The summed E-state index contributed by atoms with van der Waals surface area (Å²) < 4.78 is 0. The first-order valence-electron chi connectivity index (χ1n) is 8.47. The van der Waals surface area contributed by atoms with E-state index in [0.29, 0.717) is 24.0 Å². The number of hydrogen-bond donors (Lipinski definition) is 2. The molecule has 0 bridgehead atoms. The number of carboxylic acid groups (broad SMARTS) is 1. The monoisotopic (exact) mass is 355 g/mol. The fourth-order valence-corrected chi connectivity index (χ4v) is 3.60. The first-order valence-corrected chi connectivity index (χ1v) is 8.87. The molecule has 1 aromatic carbocycles. The maximum Gasteiger partial charge on any atom is 0.303 e. The minimum Gasteiger partial charge on any atom is -0.481 e. The van der Waals surface area contributed by atoms with Crippen LogP contribution in [-0.2, 0) is 4.79 Å². The Bertz CT molecular complexity index is 768. The van der Waals surface area contributed by atoms with E-state index in [2.05, 4.69) is 22.1 Å². The summed E-state index contributed by atoms with van der Waals surface area (Å²) in [6, 6.07) is 8.36. The Labute approximate surface area is 152 Å². The van der Waals surface area contributed by atoms with E-state index in [4.69, 9.17) is 23.1 Å². The Morgan fingerprint density at radius 3 is 2.44 bits per heavy atom. The van der Waals surface area contributed by atoms with Crippen LogP contribution in [-0.4, -0.2) is 26.0 Å². The number of aromatic nitrogens is 2. The zero-order valence-corrected chi connectivity index (χ0v) is 14.7. The van der Waals surface area contributed by atoms with Gasteiger partial charge in [0.25, 0.3) is 0 Å². The van der Waals surface area contributed by atoms with E-state index in [0.717, 1.165) is 36.9 Å². The second kappa shape index (κ2) is 7.70. The molecule has 0 atom stereocenters.